The molecule has 3 aromatic heterocycles. The van der Waals surface area contributed by atoms with Crippen molar-refractivity contribution in [2.24, 2.45) is 16.9 Å². The van der Waals surface area contributed by atoms with Gasteiger partial charge < -0.3 is 85.5 Å². The van der Waals surface area contributed by atoms with Crippen LogP contribution in [0.25, 0.3) is 34.2 Å². The van der Waals surface area contributed by atoms with Crippen LogP contribution in [-0.4, -0.2) is 274 Å². The van der Waals surface area contributed by atoms with Gasteiger partial charge in [-0.05, 0) is 158 Å². The minimum Gasteiger partial charge on any atom is -0.491 e. The molecule has 8 saturated heterocycles. The fraction of sp³-hybridized carbons (Fsp3) is 0.386. The highest BCUT2D eigenvalue weighted by molar-refractivity contribution is 5.84. The van der Waals surface area contributed by atoms with E-state index in [-0.39, 0.29) is 31.3 Å². The number of alkyl carbamates (subject to hydrolysis) is 1. The Kier molecular flexibility index (Phi) is 25.9. The SMILES string of the molecule is N#Cc1cc(-c2nccc(Nc3ccc(N4CCN(C5COC5)CC4)cc3)n2)ccc1OCC1(C(N)=O)CC1.N#Cc1cc(-c2nccc(Nc3ccc(N4CCN(C5COC5)CC4)cc3)n2)ccc1OCC1CNC(=O)O1.N#Cc1cc(-c2nccc(Nc3ccc(N4CCN(C5COC5)CC4)cc3)n2)ccc1OCCN1CCN(C(N)=O)CC1. The molecule has 121 heavy (non-hydrogen) atoms. The Labute approximate surface area is 701 Å². The zero-order chi connectivity index (χ0) is 83.0. The van der Waals surface area contributed by atoms with Crippen LogP contribution in [0.2, 0.25) is 0 Å². The van der Waals surface area contributed by atoms with E-state index in [0.717, 1.165) is 154 Å². The van der Waals surface area contributed by atoms with Crippen LogP contribution in [0.5, 0.6) is 17.2 Å². The fourth-order valence-electron chi connectivity index (χ4n) is 15.4. The summed E-state index contributed by atoms with van der Waals surface area (Å²) in [6.07, 6.45) is 5.66. The van der Waals surface area contributed by atoms with Gasteiger partial charge in [-0.3, -0.25) is 24.4 Å². The summed E-state index contributed by atoms with van der Waals surface area (Å²) in [6, 6.07) is 54.4. The number of piperazine rings is 4. The van der Waals surface area contributed by atoms with E-state index in [1.807, 2.05) is 24.3 Å². The predicted octanol–water partition coefficient (Wildman–Crippen LogP) is 8.05. The van der Waals surface area contributed by atoms with Gasteiger partial charge in [0.1, 0.15) is 72.7 Å². The van der Waals surface area contributed by atoms with Crippen LogP contribution in [0.15, 0.2) is 164 Å². The Morgan fingerprint density at radius 1 is 0.471 bits per heavy atom. The third kappa shape index (κ3) is 20.6. The lowest BCUT2D eigenvalue weighted by Crippen LogP contribution is -2.56. The van der Waals surface area contributed by atoms with Gasteiger partial charge in [0.15, 0.2) is 23.6 Å². The normalized spacial score (nSPS) is 18.7. The average molecular weight is 1640 g/mol. The van der Waals surface area contributed by atoms with Gasteiger partial charge in [-0.2, -0.15) is 15.8 Å². The Hall–Kier alpha value is -13.0. The average Bonchev–Trinajstić information content (AvgIpc) is 1.61. The summed E-state index contributed by atoms with van der Waals surface area (Å²) in [7, 11) is 0. The van der Waals surface area contributed by atoms with Crippen LogP contribution in [0.1, 0.15) is 29.5 Å². The molecule has 0 radical (unpaired) electrons. The summed E-state index contributed by atoms with van der Waals surface area (Å²) in [4.78, 5) is 80.1. The highest BCUT2D eigenvalue weighted by Crippen LogP contribution is 2.46. The number of primary amides is 2. The molecule has 0 spiro atoms. The van der Waals surface area contributed by atoms with Crippen molar-refractivity contribution >= 4 is 69.6 Å². The molecule has 624 valence electrons. The molecule has 1 atom stereocenters. The number of nitrogens with zero attached hydrogens (tertiary/aromatic N) is 17. The van der Waals surface area contributed by atoms with E-state index in [9.17, 15) is 30.2 Å². The first kappa shape index (κ1) is 81.7. The number of cyclic esters (lactones) is 1. The van der Waals surface area contributed by atoms with Crippen molar-refractivity contribution in [1.82, 2.24) is 59.7 Å². The maximum absolute atomic E-state index is 11.6. The number of nitrogens with one attached hydrogen (secondary N) is 4. The number of hydrogen-bond donors (Lipinski definition) is 6. The number of anilines is 9. The minimum absolute atomic E-state index is 0.160. The highest BCUT2D eigenvalue weighted by Gasteiger charge is 2.49. The van der Waals surface area contributed by atoms with Crippen molar-refractivity contribution in [1.29, 1.82) is 15.8 Å². The van der Waals surface area contributed by atoms with Crippen molar-refractivity contribution < 1.29 is 47.5 Å². The van der Waals surface area contributed by atoms with Gasteiger partial charge in [-0.25, -0.2) is 39.5 Å². The van der Waals surface area contributed by atoms with Gasteiger partial charge in [0.05, 0.1) is 86.4 Å². The van der Waals surface area contributed by atoms with E-state index in [4.69, 9.17) is 49.6 Å². The Morgan fingerprint density at radius 3 is 1.17 bits per heavy atom. The number of nitriles is 3. The molecule has 33 heteroatoms. The van der Waals surface area contributed by atoms with Crippen LogP contribution < -0.4 is 61.6 Å². The van der Waals surface area contributed by atoms with E-state index >= 15 is 0 Å². The molecule has 6 aromatic carbocycles. The summed E-state index contributed by atoms with van der Waals surface area (Å²) in [5, 5.41) is 41.8. The molecule has 9 fully saturated rings. The van der Waals surface area contributed by atoms with Crippen LogP contribution >= 0.6 is 0 Å². The second-order valence-electron chi connectivity index (χ2n) is 31.1. The van der Waals surface area contributed by atoms with E-state index in [1.165, 1.54) is 17.1 Å². The molecule has 11 heterocycles. The fourth-order valence-corrected chi connectivity index (χ4v) is 15.4. The molecule has 1 aliphatic carbocycles. The minimum atomic E-state index is -0.604. The summed E-state index contributed by atoms with van der Waals surface area (Å²) in [5.41, 5.74) is 19.9. The number of ether oxygens (including phenoxy) is 7. The van der Waals surface area contributed by atoms with Gasteiger partial charge in [-0.1, -0.05) is 0 Å². The molecule has 18 rings (SSSR count). The maximum Gasteiger partial charge on any atom is 0.407 e. The monoisotopic (exact) mass is 1640 g/mol. The topological polar surface area (TPSA) is 391 Å². The second-order valence-corrected chi connectivity index (χ2v) is 31.1. The number of carbonyl (C=O) groups excluding carboxylic acids is 3. The zero-order valence-corrected chi connectivity index (χ0v) is 67.2. The summed E-state index contributed by atoms with van der Waals surface area (Å²) < 4.78 is 38.6. The van der Waals surface area contributed by atoms with Crippen molar-refractivity contribution in [3.8, 4) is 69.6 Å². The van der Waals surface area contributed by atoms with Crippen LogP contribution in [-0.2, 0) is 23.7 Å². The van der Waals surface area contributed by atoms with Gasteiger partial charge in [0, 0.05) is 181 Å². The number of urea groups is 1. The van der Waals surface area contributed by atoms with Gasteiger partial charge >= 0.3 is 12.1 Å². The third-order valence-corrected chi connectivity index (χ3v) is 23.3. The summed E-state index contributed by atoms with van der Waals surface area (Å²) in [5.74, 6) is 4.47. The first-order valence-corrected chi connectivity index (χ1v) is 41.1. The number of aromatic nitrogens is 6. The van der Waals surface area contributed by atoms with Crippen LogP contribution in [0, 0.1) is 39.4 Å². The number of hydrogen-bond acceptors (Lipinski definition) is 29. The Morgan fingerprint density at radius 2 is 0.843 bits per heavy atom. The largest absolute Gasteiger partial charge is 0.491 e. The molecule has 4 amide bonds. The molecule has 0 bridgehead atoms. The van der Waals surface area contributed by atoms with Crippen molar-refractivity contribution in [2.75, 3.05) is 208 Å². The standard InChI is InChI=1S/C31H37N9O3.C29H31N7O3.C28H29N7O4/c32-20-24-19-23(1-6-28(24)43-18-17-37-9-11-40(12-10-37)31(33)41)30-34-8-7-29(36-30)35-25-2-4-26(5-3-25)38-13-15-39(16-14-38)27-21-42-22-27;30-16-21-15-20(1-6-25(21)39-19-29(8-9-29)28(31)37)27-32-10-7-26(34-27)33-22-2-4-23(5-3-22)35-11-13-36(14-12-35)24-17-38-18-24;29-14-20-13-19(1-6-25(20)38-18-24-15-31-28(36)39-24)27-30-8-7-26(33-27)32-21-2-4-22(5-3-21)34-9-11-35(12-10-34)23-16-37-17-23/h1-8,19,27H,9-18,21-22H2,(H2,33,41)(H,34,35,36);1-7,10,15,24H,8-9,11-14,17-19H2,(H2,31,37)(H,32,33,34);1-8,13,23-24H,9-12,15-18H2,(H,31,36)(H,30,32,33). The molecule has 8 N–H and O–H groups in total. The lowest BCUT2D eigenvalue weighted by Gasteiger charge is -2.43. The molecule has 8 aliphatic heterocycles. The number of rotatable bonds is 26. The molecular formula is C88H97N23O10. The number of carbonyl (C=O) groups is 3. The van der Waals surface area contributed by atoms with Crippen LogP contribution in [0.4, 0.5) is 61.2 Å². The predicted molar refractivity (Wildman–Crippen MR) is 454 cm³/mol. The highest BCUT2D eigenvalue weighted by atomic mass is 16.6. The Balaban J connectivity index is 0.000000135. The van der Waals surface area contributed by atoms with Gasteiger partial charge in [0.25, 0.3) is 0 Å². The molecular weight excluding hydrogens is 1540 g/mol. The van der Waals surface area contributed by atoms with Crippen molar-refractivity contribution in [3.63, 3.8) is 0 Å². The smallest absolute Gasteiger partial charge is 0.407 e. The molecule has 1 unspecified atom stereocenters. The third-order valence-electron chi connectivity index (χ3n) is 23.3. The van der Waals surface area contributed by atoms with Crippen molar-refractivity contribution in [2.45, 2.75) is 37.1 Å². The van der Waals surface area contributed by atoms with E-state index < -0.39 is 11.5 Å². The quantitative estimate of drug-likeness (QED) is 0.0298. The van der Waals surface area contributed by atoms with E-state index in [0.29, 0.717) is 144 Å². The summed E-state index contributed by atoms with van der Waals surface area (Å²) in [6.45, 7) is 22.2. The molecule has 9 aliphatic rings. The molecule has 9 aromatic rings. The number of amides is 4. The lowest BCUT2D eigenvalue weighted by atomic mass is 10.1. The van der Waals surface area contributed by atoms with E-state index in [1.54, 1.807) is 72.0 Å². The van der Waals surface area contributed by atoms with Gasteiger partial charge in [0.2, 0.25) is 5.91 Å². The number of benzene rings is 6. The molecule has 1 saturated carbocycles. The zero-order valence-electron chi connectivity index (χ0n) is 67.2. The van der Waals surface area contributed by atoms with Gasteiger partial charge in [-0.15, -0.1) is 0 Å². The van der Waals surface area contributed by atoms with E-state index in [2.05, 4.69) is 171 Å². The molecule has 33 nitrogen and oxygen atoms in total. The maximum atomic E-state index is 11.6. The summed E-state index contributed by atoms with van der Waals surface area (Å²) >= 11 is 0. The first-order chi connectivity index (χ1) is 59.2. The lowest BCUT2D eigenvalue weighted by molar-refractivity contribution is -0.124. The van der Waals surface area contributed by atoms with Crippen LogP contribution in [0.3, 0.4) is 0 Å². The second kappa shape index (κ2) is 38.3. The Bertz CT molecular complexity index is 5220. The first-order valence-electron chi connectivity index (χ1n) is 41.1. The number of nitrogens with two attached hydrogens (primary N) is 2. The van der Waals surface area contributed by atoms with Crippen molar-refractivity contribution in [3.05, 3.63) is 181 Å².